The Labute approximate surface area is 93.8 Å². The van der Waals surface area contributed by atoms with Gasteiger partial charge in [0, 0.05) is 6.92 Å². The molecule has 0 heterocycles. The van der Waals surface area contributed by atoms with Gasteiger partial charge in [-0.15, -0.1) is 0 Å². The summed E-state index contributed by atoms with van der Waals surface area (Å²) in [5.74, 6) is 0.0924. The average Bonchev–Trinajstić information content (AvgIpc) is 2.22. The summed E-state index contributed by atoms with van der Waals surface area (Å²) in [5, 5.41) is 11.6. The van der Waals surface area contributed by atoms with Crippen LogP contribution in [0, 0.1) is 11.3 Å². The lowest BCUT2D eigenvalue weighted by molar-refractivity contribution is -0.114. The van der Waals surface area contributed by atoms with E-state index < -0.39 is 0 Å². The summed E-state index contributed by atoms with van der Waals surface area (Å²) in [4.78, 5) is 11.0. The van der Waals surface area contributed by atoms with E-state index in [9.17, 15) is 4.79 Å². The second-order valence-electron chi connectivity index (χ2n) is 3.13. The van der Waals surface area contributed by atoms with Crippen LogP contribution in [0.25, 0.3) is 0 Å². The Balaban J connectivity index is 3.28. The first-order chi connectivity index (χ1) is 7.60. The molecular formula is C11H13N3O2. The van der Waals surface area contributed by atoms with Gasteiger partial charge in [-0.3, -0.25) is 4.79 Å². The number of carbonyl (C=O) groups is 1. The lowest BCUT2D eigenvalue weighted by Gasteiger charge is -2.13. The predicted octanol–water partition coefficient (Wildman–Crippen LogP) is 1.50. The van der Waals surface area contributed by atoms with E-state index in [0.717, 1.165) is 0 Å². The number of hydrogen-bond acceptors (Lipinski definition) is 4. The highest BCUT2D eigenvalue weighted by atomic mass is 16.5. The largest absolute Gasteiger partial charge is 0.490 e. The summed E-state index contributed by atoms with van der Waals surface area (Å²) in [6, 6.07) is 5.14. The van der Waals surface area contributed by atoms with Gasteiger partial charge in [-0.05, 0) is 19.1 Å². The van der Waals surface area contributed by atoms with E-state index in [2.05, 4.69) is 5.32 Å². The molecule has 0 radical (unpaired) electrons. The van der Waals surface area contributed by atoms with Gasteiger partial charge >= 0.3 is 0 Å². The molecule has 0 atom stereocenters. The monoisotopic (exact) mass is 219 g/mol. The zero-order chi connectivity index (χ0) is 12.1. The zero-order valence-corrected chi connectivity index (χ0v) is 9.20. The third kappa shape index (κ3) is 2.42. The fourth-order valence-electron chi connectivity index (χ4n) is 1.30. The van der Waals surface area contributed by atoms with Gasteiger partial charge in [-0.2, -0.15) is 5.26 Å². The maximum atomic E-state index is 11.0. The van der Waals surface area contributed by atoms with Gasteiger partial charge in [-0.1, -0.05) is 0 Å². The number of nitrogens with zero attached hydrogens (tertiary/aromatic N) is 1. The Kier molecular flexibility index (Phi) is 3.72. The number of nitrogens with two attached hydrogens (primary N) is 1. The molecule has 0 fully saturated rings. The smallest absolute Gasteiger partial charge is 0.221 e. The van der Waals surface area contributed by atoms with Gasteiger partial charge in [0.1, 0.15) is 11.6 Å². The third-order valence-corrected chi connectivity index (χ3v) is 1.90. The molecule has 0 aliphatic heterocycles. The van der Waals surface area contributed by atoms with Crippen molar-refractivity contribution in [1.82, 2.24) is 0 Å². The lowest BCUT2D eigenvalue weighted by atomic mass is 10.1. The first-order valence-corrected chi connectivity index (χ1v) is 4.83. The van der Waals surface area contributed by atoms with Crippen molar-refractivity contribution in [2.75, 3.05) is 17.7 Å². The van der Waals surface area contributed by atoms with Gasteiger partial charge < -0.3 is 15.8 Å². The van der Waals surface area contributed by atoms with E-state index in [1.165, 1.54) is 6.92 Å². The molecule has 84 valence electrons. The first-order valence-electron chi connectivity index (χ1n) is 4.83. The fraction of sp³-hybridized carbons (Fsp3) is 0.273. The van der Waals surface area contributed by atoms with E-state index in [4.69, 9.17) is 15.7 Å². The van der Waals surface area contributed by atoms with Crippen LogP contribution in [-0.4, -0.2) is 12.5 Å². The summed E-state index contributed by atoms with van der Waals surface area (Å²) in [6.45, 7) is 3.57. The molecule has 0 unspecified atom stereocenters. The van der Waals surface area contributed by atoms with Crippen molar-refractivity contribution in [2.24, 2.45) is 0 Å². The molecule has 1 aromatic rings. The van der Waals surface area contributed by atoms with Crippen LogP contribution in [0.5, 0.6) is 5.75 Å². The Morgan fingerprint density at radius 3 is 2.81 bits per heavy atom. The van der Waals surface area contributed by atoms with Crippen molar-refractivity contribution < 1.29 is 9.53 Å². The molecule has 16 heavy (non-hydrogen) atoms. The van der Waals surface area contributed by atoms with Gasteiger partial charge in [0.15, 0.2) is 5.75 Å². The molecule has 5 nitrogen and oxygen atoms in total. The van der Waals surface area contributed by atoms with Crippen LogP contribution in [-0.2, 0) is 4.79 Å². The second-order valence-corrected chi connectivity index (χ2v) is 3.13. The molecule has 0 bridgehead atoms. The Bertz CT molecular complexity index is 449. The molecule has 0 aliphatic carbocycles. The van der Waals surface area contributed by atoms with Crippen LogP contribution in [0.15, 0.2) is 12.1 Å². The number of nitrogens with one attached hydrogen (secondary N) is 1. The molecule has 0 aromatic heterocycles. The topological polar surface area (TPSA) is 88.1 Å². The molecule has 0 saturated carbocycles. The number of carbonyl (C=O) groups excluding carboxylic acids is 1. The molecule has 1 aromatic carbocycles. The van der Waals surface area contributed by atoms with E-state index in [1.54, 1.807) is 19.1 Å². The number of benzene rings is 1. The molecular weight excluding hydrogens is 206 g/mol. The van der Waals surface area contributed by atoms with Crippen LogP contribution in [0.1, 0.15) is 19.4 Å². The zero-order valence-electron chi connectivity index (χ0n) is 9.20. The van der Waals surface area contributed by atoms with Crippen molar-refractivity contribution in [1.29, 1.82) is 5.26 Å². The highest BCUT2D eigenvalue weighted by Crippen LogP contribution is 2.32. The molecule has 3 N–H and O–H groups in total. The van der Waals surface area contributed by atoms with E-state index in [-0.39, 0.29) is 11.5 Å². The van der Waals surface area contributed by atoms with Crippen molar-refractivity contribution in [3.63, 3.8) is 0 Å². The minimum absolute atomic E-state index is 0.227. The molecule has 5 heteroatoms. The number of hydrogen-bond donors (Lipinski definition) is 2. The summed E-state index contributed by atoms with van der Waals surface area (Å²) < 4.78 is 5.32. The van der Waals surface area contributed by atoms with Crippen LogP contribution in [0.2, 0.25) is 0 Å². The van der Waals surface area contributed by atoms with E-state index >= 15 is 0 Å². The van der Waals surface area contributed by atoms with Crippen LogP contribution >= 0.6 is 0 Å². The summed E-state index contributed by atoms with van der Waals surface area (Å²) in [6.07, 6.45) is 0. The fourth-order valence-corrected chi connectivity index (χ4v) is 1.30. The normalized spacial score (nSPS) is 9.31. The predicted molar refractivity (Wildman–Crippen MR) is 61.0 cm³/mol. The Hall–Kier alpha value is -2.22. The number of anilines is 2. The van der Waals surface area contributed by atoms with Crippen LogP contribution < -0.4 is 15.8 Å². The Morgan fingerprint density at radius 1 is 1.62 bits per heavy atom. The van der Waals surface area contributed by atoms with Crippen molar-refractivity contribution in [3.8, 4) is 11.8 Å². The maximum Gasteiger partial charge on any atom is 0.221 e. The van der Waals surface area contributed by atoms with Gasteiger partial charge in [0.05, 0.1) is 18.0 Å². The maximum absolute atomic E-state index is 11.0. The number of ether oxygens (including phenoxy) is 1. The first kappa shape index (κ1) is 11.9. The molecule has 0 aliphatic rings. The highest BCUT2D eigenvalue weighted by molar-refractivity contribution is 5.91. The SMILES string of the molecule is CCOc1c(NC(C)=O)ccc(N)c1C#N. The minimum atomic E-state index is -0.227. The number of nitrogen functional groups attached to an aromatic ring is 1. The van der Waals surface area contributed by atoms with Crippen LogP contribution in [0.4, 0.5) is 11.4 Å². The number of rotatable bonds is 3. The minimum Gasteiger partial charge on any atom is -0.490 e. The third-order valence-electron chi connectivity index (χ3n) is 1.90. The molecule has 1 amide bonds. The van der Waals surface area contributed by atoms with Crippen molar-refractivity contribution >= 4 is 17.3 Å². The quantitative estimate of drug-likeness (QED) is 0.754. The summed E-state index contributed by atoms with van der Waals surface area (Å²) in [5.41, 5.74) is 6.68. The molecule has 0 saturated heterocycles. The average molecular weight is 219 g/mol. The second kappa shape index (κ2) is 5.03. The van der Waals surface area contributed by atoms with Gasteiger partial charge in [0.2, 0.25) is 5.91 Å². The number of amides is 1. The molecule has 1 rings (SSSR count). The summed E-state index contributed by atoms with van der Waals surface area (Å²) >= 11 is 0. The van der Waals surface area contributed by atoms with Crippen LogP contribution in [0.3, 0.4) is 0 Å². The van der Waals surface area contributed by atoms with E-state index in [0.29, 0.717) is 23.7 Å². The summed E-state index contributed by atoms with van der Waals surface area (Å²) in [7, 11) is 0. The number of nitriles is 1. The van der Waals surface area contributed by atoms with Crippen molar-refractivity contribution in [3.05, 3.63) is 17.7 Å². The lowest BCUT2D eigenvalue weighted by Crippen LogP contribution is -2.09. The molecule has 0 spiro atoms. The van der Waals surface area contributed by atoms with Gasteiger partial charge in [-0.25, -0.2) is 0 Å². The van der Waals surface area contributed by atoms with E-state index in [1.807, 2.05) is 6.07 Å². The standard InChI is InChI=1S/C11H13N3O2/c1-3-16-11-8(6-12)9(13)4-5-10(11)14-7(2)15/h4-5H,3,13H2,1-2H3,(H,14,15). The van der Waals surface area contributed by atoms with Crippen molar-refractivity contribution in [2.45, 2.75) is 13.8 Å². The highest BCUT2D eigenvalue weighted by Gasteiger charge is 2.13. The Morgan fingerprint density at radius 2 is 2.31 bits per heavy atom. The van der Waals surface area contributed by atoms with Gasteiger partial charge in [0.25, 0.3) is 0 Å².